The highest BCUT2D eigenvalue weighted by atomic mass is 16.9. The van der Waals surface area contributed by atoms with Crippen molar-refractivity contribution in [3.63, 3.8) is 0 Å². The van der Waals surface area contributed by atoms with Crippen LogP contribution in [0.25, 0.3) is 0 Å². The van der Waals surface area contributed by atoms with Gasteiger partial charge in [-0.15, -0.1) is 0 Å². The Hall–Kier alpha value is -0.840. The van der Waals surface area contributed by atoms with Crippen molar-refractivity contribution in [2.45, 2.75) is 52.6 Å². The predicted octanol–water partition coefficient (Wildman–Crippen LogP) is 0.908. The second-order valence-corrected chi connectivity index (χ2v) is 5.10. The van der Waals surface area contributed by atoms with E-state index >= 15 is 0 Å². The summed E-state index contributed by atoms with van der Waals surface area (Å²) < 4.78 is 0. The largest absolute Gasteiger partial charge is 0.356 e. The fourth-order valence-corrected chi connectivity index (χ4v) is 1.30. The molecule has 0 aliphatic rings. The molecule has 0 aromatic rings. The molecule has 0 unspecified atom stereocenters. The zero-order chi connectivity index (χ0) is 11.3. The summed E-state index contributed by atoms with van der Waals surface area (Å²) in [6, 6.07) is 0. The Morgan fingerprint density at radius 2 is 1.08 bits per heavy atom. The van der Waals surface area contributed by atoms with Crippen LogP contribution in [0.5, 0.6) is 0 Å². The van der Waals surface area contributed by atoms with Crippen LogP contribution in [0, 0.1) is 15.3 Å². The molecule has 0 aliphatic heterocycles. The Kier molecular flexibility index (Phi) is 5.66. The summed E-state index contributed by atoms with van der Waals surface area (Å²) in [4.78, 5) is 8.25. The average molecular weight is 192 g/mol. The van der Waals surface area contributed by atoms with Gasteiger partial charge in [0.15, 0.2) is 0 Å². The summed E-state index contributed by atoms with van der Waals surface area (Å²) in [6.45, 7) is 13.4. The zero-order valence-electron chi connectivity index (χ0n) is 9.25. The van der Waals surface area contributed by atoms with Gasteiger partial charge in [0.25, 0.3) is 0 Å². The predicted molar refractivity (Wildman–Crippen MR) is 51.8 cm³/mol. The van der Waals surface area contributed by atoms with Crippen LogP contribution in [0.3, 0.4) is 0 Å². The maximum atomic E-state index is 8.25. The molecule has 0 saturated carbocycles. The number of rotatable bonds is 0. The Bertz CT molecular complexity index is 140. The van der Waals surface area contributed by atoms with Gasteiger partial charge in [0.1, 0.15) is 0 Å². The summed E-state index contributed by atoms with van der Waals surface area (Å²) in [6.07, 6.45) is 0. The molecule has 80 valence electrons. The number of hydrogen-bond donors (Lipinski definition) is 1. The van der Waals surface area contributed by atoms with Crippen LogP contribution < -0.4 is 5.32 Å². The summed E-state index contributed by atoms with van der Waals surface area (Å²) in [5.41, 5.74) is 0.719. The third-order valence-corrected chi connectivity index (χ3v) is 0.866. The van der Waals surface area contributed by atoms with Crippen molar-refractivity contribution in [1.82, 2.24) is 0 Å². The Balaban J connectivity index is 0. The van der Waals surface area contributed by atoms with Crippen LogP contribution in [0.1, 0.15) is 41.5 Å². The Morgan fingerprint density at radius 1 is 0.923 bits per heavy atom. The standard InChI is InChI=1S/C8H19N.NO3/c1-7(2,3)9-8(4,5)6;2-1(3)4/h9H,1-6H3;/q;-1/p+1. The fourth-order valence-electron chi connectivity index (χ4n) is 1.30. The van der Waals surface area contributed by atoms with Gasteiger partial charge >= 0.3 is 0 Å². The normalized spacial score (nSPS) is 11.5. The molecule has 0 fully saturated rings. The van der Waals surface area contributed by atoms with Crippen LogP contribution in [-0.4, -0.2) is 16.2 Å². The first-order chi connectivity index (χ1) is 5.44. The van der Waals surface area contributed by atoms with Gasteiger partial charge in [0.2, 0.25) is 0 Å². The highest BCUT2D eigenvalue weighted by Crippen LogP contribution is 1.96. The first-order valence-electron chi connectivity index (χ1n) is 4.13. The molecule has 0 aromatic carbocycles. The lowest BCUT2D eigenvalue weighted by Gasteiger charge is -2.27. The maximum Gasteiger partial charge on any atom is 0.0879 e. The maximum absolute atomic E-state index is 8.25. The number of nitrogens with two attached hydrogens (primary N) is 1. The zero-order valence-corrected chi connectivity index (χ0v) is 9.25. The molecule has 0 bridgehead atoms. The Morgan fingerprint density at radius 3 is 1.08 bits per heavy atom. The highest BCUT2D eigenvalue weighted by molar-refractivity contribution is 4.60. The van der Waals surface area contributed by atoms with E-state index in [-0.39, 0.29) is 0 Å². The molecule has 0 radical (unpaired) electrons. The summed E-state index contributed by atoms with van der Waals surface area (Å²) in [5, 5.41) is 17.1. The van der Waals surface area contributed by atoms with Crippen molar-refractivity contribution in [1.29, 1.82) is 0 Å². The first-order valence-corrected chi connectivity index (χ1v) is 4.13. The summed E-state index contributed by atoms with van der Waals surface area (Å²) >= 11 is 0. The molecule has 5 nitrogen and oxygen atoms in total. The molecular formula is C8H20N2O3. The average Bonchev–Trinajstić information content (AvgIpc) is 1.47. The van der Waals surface area contributed by atoms with Crippen molar-refractivity contribution in [2.24, 2.45) is 0 Å². The molecule has 0 rings (SSSR count). The number of nitrogens with zero attached hydrogens (tertiary/aromatic N) is 1. The molecule has 2 N–H and O–H groups in total. The SMILES string of the molecule is CC(C)(C)[NH2+]C(C)(C)C.O=[N+]([O-])[O-]. The van der Waals surface area contributed by atoms with E-state index < -0.39 is 5.09 Å². The lowest BCUT2D eigenvalue weighted by atomic mass is 10.0. The van der Waals surface area contributed by atoms with Crippen LogP contribution in [0.4, 0.5) is 0 Å². The smallest absolute Gasteiger partial charge is 0.0879 e. The number of hydrogen-bond acceptors (Lipinski definition) is 3. The molecular weight excluding hydrogens is 172 g/mol. The molecule has 0 aromatic heterocycles. The van der Waals surface area contributed by atoms with E-state index in [0.717, 1.165) is 0 Å². The van der Waals surface area contributed by atoms with E-state index in [4.69, 9.17) is 15.3 Å². The van der Waals surface area contributed by atoms with Gasteiger partial charge in [-0.1, -0.05) is 0 Å². The third kappa shape index (κ3) is 35.2. The van der Waals surface area contributed by atoms with E-state index in [1.807, 2.05) is 0 Å². The van der Waals surface area contributed by atoms with Gasteiger partial charge in [-0.3, -0.25) is 0 Å². The van der Waals surface area contributed by atoms with E-state index in [1.165, 1.54) is 0 Å². The second kappa shape index (κ2) is 5.01. The van der Waals surface area contributed by atoms with Crippen LogP contribution in [0.2, 0.25) is 0 Å². The van der Waals surface area contributed by atoms with Crippen molar-refractivity contribution < 1.29 is 10.4 Å². The van der Waals surface area contributed by atoms with E-state index in [9.17, 15) is 0 Å². The van der Waals surface area contributed by atoms with Crippen LogP contribution in [0.15, 0.2) is 0 Å². The van der Waals surface area contributed by atoms with Crippen LogP contribution in [-0.2, 0) is 0 Å². The number of quaternary nitrogens is 1. The minimum Gasteiger partial charge on any atom is -0.356 e. The van der Waals surface area contributed by atoms with Crippen LogP contribution >= 0.6 is 0 Å². The third-order valence-electron chi connectivity index (χ3n) is 0.866. The van der Waals surface area contributed by atoms with Gasteiger partial charge < -0.3 is 20.6 Å². The van der Waals surface area contributed by atoms with Gasteiger partial charge in [-0.25, -0.2) is 0 Å². The molecule has 0 spiro atoms. The monoisotopic (exact) mass is 192 g/mol. The van der Waals surface area contributed by atoms with Gasteiger partial charge in [-0.2, -0.15) is 0 Å². The minimum atomic E-state index is -1.75. The topological polar surface area (TPSA) is 82.8 Å². The summed E-state index contributed by atoms with van der Waals surface area (Å²) in [7, 11) is 0. The quantitative estimate of drug-likeness (QED) is 0.457. The molecule has 0 saturated heterocycles. The molecule has 0 aliphatic carbocycles. The van der Waals surface area contributed by atoms with E-state index in [0.29, 0.717) is 11.1 Å². The molecule has 0 amide bonds. The van der Waals surface area contributed by atoms with Crippen molar-refractivity contribution >= 4 is 0 Å². The summed E-state index contributed by atoms with van der Waals surface area (Å²) in [5.74, 6) is 0. The van der Waals surface area contributed by atoms with E-state index in [2.05, 4.69) is 46.9 Å². The van der Waals surface area contributed by atoms with Gasteiger partial charge in [-0.05, 0) is 41.5 Å². The lowest BCUT2D eigenvalue weighted by molar-refractivity contribution is -0.772. The highest BCUT2D eigenvalue weighted by Gasteiger charge is 2.22. The molecule has 0 heterocycles. The van der Waals surface area contributed by atoms with Gasteiger partial charge in [0, 0.05) is 0 Å². The lowest BCUT2D eigenvalue weighted by Crippen LogP contribution is -3.02. The fraction of sp³-hybridized carbons (Fsp3) is 1.00. The Labute approximate surface area is 79.3 Å². The van der Waals surface area contributed by atoms with Crippen molar-refractivity contribution in [3.8, 4) is 0 Å². The van der Waals surface area contributed by atoms with Gasteiger partial charge in [0.05, 0.1) is 16.2 Å². The molecule has 5 heteroatoms. The van der Waals surface area contributed by atoms with Crippen molar-refractivity contribution in [2.75, 3.05) is 0 Å². The second-order valence-electron chi connectivity index (χ2n) is 5.10. The molecule has 13 heavy (non-hydrogen) atoms. The first kappa shape index (κ1) is 14.7. The minimum absolute atomic E-state index is 0.359. The van der Waals surface area contributed by atoms with Crippen molar-refractivity contribution in [3.05, 3.63) is 15.3 Å². The van der Waals surface area contributed by atoms with E-state index in [1.54, 1.807) is 0 Å². The molecule has 0 atom stereocenters.